The van der Waals surface area contributed by atoms with Crippen molar-refractivity contribution in [2.24, 2.45) is 5.73 Å². The van der Waals surface area contributed by atoms with Crippen LogP contribution in [0.4, 0.5) is 0 Å². The summed E-state index contributed by atoms with van der Waals surface area (Å²) in [5.74, 6) is 0. The molecule has 0 heterocycles. The number of nitrogens with two attached hydrogens (primary N) is 1. The summed E-state index contributed by atoms with van der Waals surface area (Å²) in [6.07, 6.45) is 0. The minimum absolute atomic E-state index is 0.184. The Hall–Kier alpha value is -1.16. The average Bonchev–Trinajstić information content (AvgIpc) is 2.34. The second-order valence-corrected chi connectivity index (χ2v) is 5.56. The maximum Gasteiger partial charge on any atom is 0.0672 e. The second-order valence-electron chi connectivity index (χ2n) is 5.56. The monoisotopic (exact) mass is 276 g/mol. The molecule has 1 unspecified atom stereocenters. The van der Waals surface area contributed by atoms with Crippen molar-refractivity contribution < 1.29 is 4.74 Å². The Kier molecular flexibility index (Phi) is 6.93. The van der Waals surface area contributed by atoms with Crippen LogP contribution in [0.25, 0.3) is 0 Å². The van der Waals surface area contributed by atoms with E-state index in [-0.39, 0.29) is 6.04 Å². The SMILES string of the molecule is C=C(C)COCCNC(CN)c1c(C)cc(C)cc1C. The molecule has 20 heavy (non-hydrogen) atoms. The Morgan fingerprint density at radius 2 is 1.90 bits per heavy atom. The molecule has 0 saturated heterocycles. The quantitative estimate of drug-likeness (QED) is 0.567. The van der Waals surface area contributed by atoms with Crippen LogP contribution in [0.2, 0.25) is 0 Å². The summed E-state index contributed by atoms with van der Waals surface area (Å²) < 4.78 is 5.50. The van der Waals surface area contributed by atoms with E-state index in [1.165, 1.54) is 22.3 Å². The lowest BCUT2D eigenvalue weighted by Gasteiger charge is -2.22. The first-order valence-corrected chi connectivity index (χ1v) is 7.19. The predicted molar refractivity (Wildman–Crippen MR) is 86.1 cm³/mol. The van der Waals surface area contributed by atoms with Crippen molar-refractivity contribution in [1.29, 1.82) is 0 Å². The van der Waals surface area contributed by atoms with Crippen LogP contribution in [-0.4, -0.2) is 26.3 Å². The number of nitrogens with one attached hydrogen (secondary N) is 1. The molecule has 3 N–H and O–H groups in total. The fourth-order valence-corrected chi connectivity index (χ4v) is 2.60. The van der Waals surface area contributed by atoms with Gasteiger partial charge in [-0.15, -0.1) is 0 Å². The van der Waals surface area contributed by atoms with Crippen molar-refractivity contribution >= 4 is 0 Å². The summed E-state index contributed by atoms with van der Waals surface area (Å²) in [5, 5.41) is 3.48. The van der Waals surface area contributed by atoms with Gasteiger partial charge < -0.3 is 15.8 Å². The number of aryl methyl sites for hydroxylation is 3. The van der Waals surface area contributed by atoms with E-state index < -0.39 is 0 Å². The van der Waals surface area contributed by atoms with Crippen molar-refractivity contribution in [3.05, 3.63) is 46.5 Å². The fourth-order valence-electron chi connectivity index (χ4n) is 2.60. The summed E-state index contributed by atoms with van der Waals surface area (Å²) >= 11 is 0. The highest BCUT2D eigenvalue weighted by Crippen LogP contribution is 2.22. The topological polar surface area (TPSA) is 47.3 Å². The molecule has 0 aliphatic rings. The molecule has 0 fully saturated rings. The summed E-state index contributed by atoms with van der Waals surface area (Å²) in [4.78, 5) is 0. The zero-order chi connectivity index (χ0) is 15.1. The largest absolute Gasteiger partial charge is 0.376 e. The minimum atomic E-state index is 0.184. The summed E-state index contributed by atoms with van der Waals surface area (Å²) in [5.41, 5.74) is 12.2. The Bertz CT molecular complexity index is 431. The molecule has 1 rings (SSSR count). The van der Waals surface area contributed by atoms with Gasteiger partial charge in [0.1, 0.15) is 0 Å². The molecule has 3 heteroatoms. The van der Waals surface area contributed by atoms with E-state index in [1.807, 2.05) is 6.92 Å². The van der Waals surface area contributed by atoms with Crippen LogP contribution < -0.4 is 11.1 Å². The van der Waals surface area contributed by atoms with Crippen LogP contribution in [0.3, 0.4) is 0 Å². The van der Waals surface area contributed by atoms with Crippen molar-refractivity contribution in [1.82, 2.24) is 5.32 Å². The lowest BCUT2D eigenvalue weighted by Crippen LogP contribution is -2.32. The van der Waals surface area contributed by atoms with Gasteiger partial charge in [-0.05, 0) is 44.4 Å². The van der Waals surface area contributed by atoms with Gasteiger partial charge in [0.05, 0.1) is 13.2 Å². The first-order chi connectivity index (χ1) is 9.45. The molecule has 0 spiro atoms. The van der Waals surface area contributed by atoms with Crippen LogP contribution in [0, 0.1) is 20.8 Å². The van der Waals surface area contributed by atoms with Gasteiger partial charge in [-0.3, -0.25) is 0 Å². The molecule has 1 atom stereocenters. The molecule has 3 nitrogen and oxygen atoms in total. The van der Waals surface area contributed by atoms with Crippen LogP contribution in [0.15, 0.2) is 24.3 Å². The zero-order valence-corrected chi connectivity index (χ0v) is 13.3. The van der Waals surface area contributed by atoms with E-state index in [9.17, 15) is 0 Å². The first kappa shape index (κ1) is 16.9. The normalized spacial score (nSPS) is 12.4. The van der Waals surface area contributed by atoms with Crippen LogP contribution in [-0.2, 0) is 4.74 Å². The van der Waals surface area contributed by atoms with E-state index in [1.54, 1.807) is 0 Å². The third kappa shape index (κ3) is 5.08. The molecule has 1 aromatic rings. The number of benzene rings is 1. The van der Waals surface area contributed by atoms with Crippen molar-refractivity contribution in [2.75, 3.05) is 26.3 Å². The highest BCUT2D eigenvalue weighted by atomic mass is 16.5. The lowest BCUT2D eigenvalue weighted by molar-refractivity contribution is 0.155. The number of rotatable bonds is 8. The Morgan fingerprint density at radius 1 is 1.30 bits per heavy atom. The molecule has 0 bridgehead atoms. The van der Waals surface area contributed by atoms with E-state index in [2.05, 4.69) is 44.8 Å². The molecule has 0 saturated carbocycles. The van der Waals surface area contributed by atoms with Crippen molar-refractivity contribution in [2.45, 2.75) is 33.7 Å². The minimum Gasteiger partial charge on any atom is -0.376 e. The highest BCUT2D eigenvalue weighted by Gasteiger charge is 2.14. The van der Waals surface area contributed by atoms with Gasteiger partial charge >= 0.3 is 0 Å². The van der Waals surface area contributed by atoms with Gasteiger partial charge in [-0.1, -0.05) is 29.8 Å². The maximum absolute atomic E-state index is 5.93. The molecule has 1 aromatic carbocycles. The van der Waals surface area contributed by atoms with Gasteiger partial charge in [0.25, 0.3) is 0 Å². The number of hydrogen-bond acceptors (Lipinski definition) is 3. The molecule has 0 aliphatic carbocycles. The number of hydrogen-bond donors (Lipinski definition) is 2. The number of ether oxygens (including phenoxy) is 1. The molecular formula is C17H28N2O. The van der Waals surface area contributed by atoms with Gasteiger partial charge in [-0.25, -0.2) is 0 Å². The smallest absolute Gasteiger partial charge is 0.0672 e. The molecule has 112 valence electrons. The molecule has 0 aliphatic heterocycles. The lowest BCUT2D eigenvalue weighted by atomic mass is 9.94. The Balaban J connectivity index is 2.60. The van der Waals surface area contributed by atoms with Gasteiger partial charge in [-0.2, -0.15) is 0 Å². The van der Waals surface area contributed by atoms with Crippen molar-refractivity contribution in [3.63, 3.8) is 0 Å². The predicted octanol–water partition coefficient (Wildman–Crippen LogP) is 2.79. The summed E-state index contributed by atoms with van der Waals surface area (Å²) in [6.45, 7) is 14.9. The average molecular weight is 276 g/mol. The van der Waals surface area contributed by atoms with Gasteiger partial charge in [0, 0.05) is 19.1 Å². The Morgan fingerprint density at radius 3 is 2.40 bits per heavy atom. The zero-order valence-electron chi connectivity index (χ0n) is 13.3. The van der Waals surface area contributed by atoms with E-state index in [0.29, 0.717) is 19.8 Å². The third-order valence-corrected chi connectivity index (χ3v) is 3.31. The maximum atomic E-state index is 5.93. The third-order valence-electron chi connectivity index (χ3n) is 3.31. The molecule has 0 radical (unpaired) electrons. The first-order valence-electron chi connectivity index (χ1n) is 7.19. The standard InChI is InChI=1S/C17H28N2O/c1-12(2)11-20-7-6-19-16(10-18)17-14(4)8-13(3)9-15(17)5/h8-9,16,19H,1,6-7,10-11,18H2,2-5H3. The molecule has 0 amide bonds. The van der Waals surface area contributed by atoms with Crippen molar-refractivity contribution in [3.8, 4) is 0 Å². The highest BCUT2D eigenvalue weighted by molar-refractivity contribution is 5.39. The summed E-state index contributed by atoms with van der Waals surface area (Å²) in [6, 6.07) is 4.61. The van der Waals surface area contributed by atoms with E-state index in [0.717, 1.165) is 12.1 Å². The van der Waals surface area contributed by atoms with Gasteiger partial charge in [0.2, 0.25) is 0 Å². The van der Waals surface area contributed by atoms with Crippen LogP contribution in [0.1, 0.15) is 35.2 Å². The Labute approximate surface area is 123 Å². The van der Waals surface area contributed by atoms with Crippen LogP contribution >= 0.6 is 0 Å². The summed E-state index contributed by atoms with van der Waals surface area (Å²) in [7, 11) is 0. The molecule has 0 aromatic heterocycles. The second kappa shape index (κ2) is 8.20. The van der Waals surface area contributed by atoms with Gasteiger partial charge in [0.15, 0.2) is 0 Å². The van der Waals surface area contributed by atoms with E-state index >= 15 is 0 Å². The molecular weight excluding hydrogens is 248 g/mol. The van der Waals surface area contributed by atoms with E-state index in [4.69, 9.17) is 10.5 Å². The fraction of sp³-hybridized carbons (Fsp3) is 0.529. The van der Waals surface area contributed by atoms with Crippen LogP contribution in [0.5, 0.6) is 0 Å².